The second kappa shape index (κ2) is 3.29. The molecule has 0 unspecified atom stereocenters. The molecular formula is C8H7BrClN3. The number of hydrogen-bond acceptors (Lipinski definition) is 2. The maximum atomic E-state index is 5.87. The molecule has 0 aliphatic carbocycles. The van der Waals surface area contributed by atoms with Crippen molar-refractivity contribution in [3.63, 3.8) is 0 Å². The van der Waals surface area contributed by atoms with E-state index in [4.69, 9.17) is 17.3 Å². The Morgan fingerprint density at radius 1 is 1.54 bits per heavy atom. The summed E-state index contributed by atoms with van der Waals surface area (Å²) in [6.07, 6.45) is 3.67. The van der Waals surface area contributed by atoms with Gasteiger partial charge in [0.15, 0.2) is 5.65 Å². The van der Waals surface area contributed by atoms with Gasteiger partial charge in [-0.3, -0.25) is 0 Å². The van der Waals surface area contributed by atoms with Gasteiger partial charge in [0, 0.05) is 18.9 Å². The van der Waals surface area contributed by atoms with Gasteiger partial charge in [-0.15, -0.1) is 0 Å². The summed E-state index contributed by atoms with van der Waals surface area (Å²) in [6.45, 7) is 0.436. The highest BCUT2D eigenvalue weighted by atomic mass is 79.9. The second-order valence-electron chi connectivity index (χ2n) is 2.67. The minimum Gasteiger partial charge on any atom is -0.325 e. The molecule has 2 N–H and O–H groups in total. The quantitative estimate of drug-likeness (QED) is 0.854. The molecule has 2 heterocycles. The summed E-state index contributed by atoms with van der Waals surface area (Å²) in [7, 11) is 0. The third-order valence-electron chi connectivity index (χ3n) is 1.73. The number of nitrogens with two attached hydrogens (primary N) is 1. The Morgan fingerprint density at radius 3 is 3.00 bits per heavy atom. The van der Waals surface area contributed by atoms with Crippen LogP contribution in [0.5, 0.6) is 0 Å². The van der Waals surface area contributed by atoms with Crippen LogP contribution in [0.1, 0.15) is 5.69 Å². The SMILES string of the molecule is NCc1cn2cc(Cl)cc(Br)c2n1. The highest BCUT2D eigenvalue weighted by Gasteiger charge is 2.04. The van der Waals surface area contributed by atoms with Crippen LogP contribution in [0.15, 0.2) is 22.9 Å². The van der Waals surface area contributed by atoms with Crippen molar-refractivity contribution in [1.29, 1.82) is 0 Å². The number of halogens is 2. The van der Waals surface area contributed by atoms with Crippen molar-refractivity contribution >= 4 is 33.2 Å². The van der Waals surface area contributed by atoms with Crippen molar-refractivity contribution in [3.8, 4) is 0 Å². The fourth-order valence-corrected chi connectivity index (χ4v) is 2.06. The molecule has 0 fully saturated rings. The predicted octanol–water partition coefficient (Wildman–Crippen LogP) is 2.21. The molecule has 5 heteroatoms. The summed E-state index contributed by atoms with van der Waals surface area (Å²) in [5, 5.41) is 0.667. The number of imidazole rings is 1. The number of nitrogens with zero attached hydrogens (tertiary/aromatic N) is 2. The molecule has 0 spiro atoms. The predicted molar refractivity (Wildman–Crippen MR) is 55.8 cm³/mol. The van der Waals surface area contributed by atoms with Gasteiger partial charge < -0.3 is 10.1 Å². The Kier molecular flexibility index (Phi) is 2.27. The van der Waals surface area contributed by atoms with Gasteiger partial charge in [-0.05, 0) is 22.0 Å². The van der Waals surface area contributed by atoms with Gasteiger partial charge >= 0.3 is 0 Å². The van der Waals surface area contributed by atoms with Crippen molar-refractivity contribution in [2.24, 2.45) is 5.73 Å². The summed E-state index contributed by atoms with van der Waals surface area (Å²) in [6, 6.07) is 1.81. The van der Waals surface area contributed by atoms with Crippen LogP contribution in [-0.2, 0) is 6.54 Å². The van der Waals surface area contributed by atoms with E-state index in [0.717, 1.165) is 15.8 Å². The molecule has 2 aromatic heterocycles. The zero-order valence-electron chi connectivity index (χ0n) is 6.67. The number of pyridine rings is 1. The standard InChI is InChI=1S/C8H7BrClN3/c9-7-1-5(10)3-13-4-6(2-11)12-8(7)13/h1,3-4H,2,11H2. The van der Waals surface area contributed by atoms with Crippen LogP contribution in [0.25, 0.3) is 5.65 Å². The lowest BCUT2D eigenvalue weighted by Crippen LogP contribution is -1.95. The zero-order valence-corrected chi connectivity index (χ0v) is 9.01. The molecule has 2 rings (SSSR count). The highest BCUT2D eigenvalue weighted by Crippen LogP contribution is 2.21. The fraction of sp³-hybridized carbons (Fsp3) is 0.125. The number of fused-ring (bicyclic) bond motifs is 1. The van der Waals surface area contributed by atoms with Gasteiger partial charge in [-0.1, -0.05) is 11.6 Å². The van der Waals surface area contributed by atoms with Crippen molar-refractivity contribution in [2.75, 3.05) is 0 Å². The summed E-state index contributed by atoms with van der Waals surface area (Å²) in [5.41, 5.74) is 7.17. The normalized spacial score (nSPS) is 11.0. The molecule has 68 valence electrons. The molecule has 0 radical (unpaired) electrons. The van der Waals surface area contributed by atoms with E-state index in [1.54, 1.807) is 6.20 Å². The lowest BCUT2D eigenvalue weighted by Gasteiger charge is -1.96. The van der Waals surface area contributed by atoms with E-state index in [1.807, 2.05) is 16.7 Å². The van der Waals surface area contributed by atoms with Crippen LogP contribution < -0.4 is 5.73 Å². The average molecular weight is 261 g/mol. The molecule has 0 aliphatic heterocycles. The first-order valence-electron chi connectivity index (χ1n) is 3.73. The Morgan fingerprint density at radius 2 is 2.31 bits per heavy atom. The summed E-state index contributed by atoms with van der Waals surface area (Å²) >= 11 is 9.25. The minimum absolute atomic E-state index is 0.436. The number of rotatable bonds is 1. The zero-order chi connectivity index (χ0) is 9.42. The van der Waals surface area contributed by atoms with E-state index < -0.39 is 0 Å². The van der Waals surface area contributed by atoms with Gasteiger partial charge in [0.05, 0.1) is 15.2 Å². The van der Waals surface area contributed by atoms with Crippen molar-refractivity contribution < 1.29 is 0 Å². The molecule has 0 saturated carbocycles. The highest BCUT2D eigenvalue weighted by molar-refractivity contribution is 9.10. The molecule has 2 aromatic rings. The molecule has 0 bridgehead atoms. The molecule has 0 saturated heterocycles. The molecule has 0 aliphatic rings. The van der Waals surface area contributed by atoms with Crippen LogP contribution in [0.4, 0.5) is 0 Å². The summed E-state index contributed by atoms with van der Waals surface area (Å²) in [5.74, 6) is 0. The first-order chi connectivity index (χ1) is 6.20. The molecule has 0 aromatic carbocycles. The lowest BCUT2D eigenvalue weighted by atomic mass is 10.5. The molecule has 0 amide bonds. The number of hydrogen-bond donors (Lipinski definition) is 1. The van der Waals surface area contributed by atoms with Crippen LogP contribution >= 0.6 is 27.5 Å². The lowest BCUT2D eigenvalue weighted by molar-refractivity contribution is 1.02. The van der Waals surface area contributed by atoms with Gasteiger partial charge in [0.1, 0.15) is 0 Å². The van der Waals surface area contributed by atoms with E-state index in [9.17, 15) is 0 Å². The summed E-state index contributed by atoms with van der Waals surface area (Å²) < 4.78 is 2.73. The van der Waals surface area contributed by atoms with Crippen LogP contribution in [0, 0.1) is 0 Å². The van der Waals surface area contributed by atoms with E-state index in [0.29, 0.717) is 11.6 Å². The third-order valence-corrected chi connectivity index (χ3v) is 2.52. The van der Waals surface area contributed by atoms with Crippen molar-refractivity contribution in [3.05, 3.63) is 33.6 Å². The first kappa shape index (κ1) is 8.99. The van der Waals surface area contributed by atoms with Crippen molar-refractivity contribution in [2.45, 2.75) is 6.54 Å². The van der Waals surface area contributed by atoms with Gasteiger partial charge in [0.2, 0.25) is 0 Å². The topological polar surface area (TPSA) is 43.3 Å². The molecular weight excluding hydrogens is 253 g/mol. The maximum absolute atomic E-state index is 5.87. The van der Waals surface area contributed by atoms with E-state index in [2.05, 4.69) is 20.9 Å². The van der Waals surface area contributed by atoms with Crippen LogP contribution in [0.2, 0.25) is 5.02 Å². The Balaban J connectivity index is 2.75. The fourth-order valence-electron chi connectivity index (χ4n) is 1.17. The van der Waals surface area contributed by atoms with E-state index in [1.165, 1.54) is 0 Å². The van der Waals surface area contributed by atoms with E-state index in [-0.39, 0.29) is 0 Å². The molecule has 3 nitrogen and oxygen atoms in total. The van der Waals surface area contributed by atoms with Gasteiger partial charge in [0.25, 0.3) is 0 Å². The first-order valence-corrected chi connectivity index (χ1v) is 4.90. The largest absolute Gasteiger partial charge is 0.325 e. The van der Waals surface area contributed by atoms with Crippen LogP contribution in [0.3, 0.4) is 0 Å². The monoisotopic (exact) mass is 259 g/mol. The Bertz CT molecular complexity index is 452. The third kappa shape index (κ3) is 1.57. The Hall–Kier alpha value is -0.580. The van der Waals surface area contributed by atoms with Crippen molar-refractivity contribution in [1.82, 2.24) is 9.38 Å². The Labute approximate surface area is 88.6 Å². The van der Waals surface area contributed by atoms with Gasteiger partial charge in [-0.25, -0.2) is 4.98 Å². The number of aromatic nitrogens is 2. The van der Waals surface area contributed by atoms with E-state index >= 15 is 0 Å². The van der Waals surface area contributed by atoms with Crippen LogP contribution in [-0.4, -0.2) is 9.38 Å². The minimum atomic E-state index is 0.436. The maximum Gasteiger partial charge on any atom is 0.151 e. The average Bonchev–Trinajstić information content (AvgIpc) is 2.47. The second-order valence-corrected chi connectivity index (χ2v) is 3.96. The molecule has 13 heavy (non-hydrogen) atoms. The smallest absolute Gasteiger partial charge is 0.151 e. The summed E-state index contributed by atoms with van der Waals surface area (Å²) in [4.78, 5) is 4.30. The van der Waals surface area contributed by atoms with Gasteiger partial charge in [-0.2, -0.15) is 0 Å². The molecule has 0 atom stereocenters.